The molecule has 0 amide bonds. The van der Waals surface area contributed by atoms with Crippen molar-refractivity contribution in [2.24, 2.45) is 0 Å². The Hall–Kier alpha value is -4.94. The summed E-state index contributed by atoms with van der Waals surface area (Å²) < 4.78 is 0. The zero-order chi connectivity index (χ0) is 25.8. The van der Waals surface area contributed by atoms with Gasteiger partial charge in [0.05, 0.1) is 5.41 Å². The van der Waals surface area contributed by atoms with Gasteiger partial charge < -0.3 is 0 Å². The minimum atomic E-state index is -0.406. The topological polar surface area (TPSA) is 0 Å². The Morgan fingerprint density at radius 2 is 0.923 bits per heavy atom. The molecule has 39 heavy (non-hydrogen) atoms. The molecule has 0 unspecified atom stereocenters. The van der Waals surface area contributed by atoms with Crippen LogP contribution in [0, 0.1) is 6.07 Å². The van der Waals surface area contributed by atoms with Crippen molar-refractivity contribution in [3.05, 3.63) is 180 Å². The summed E-state index contributed by atoms with van der Waals surface area (Å²) in [6.07, 6.45) is 0. The van der Waals surface area contributed by atoms with Crippen molar-refractivity contribution in [3.8, 4) is 22.3 Å². The third kappa shape index (κ3) is 3.12. The van der Waals surface area contributed by atoms with E-state index in [1.807, 2.05) is 0 Å². The van der Waals surface area contributed by atoms with Crippen LogP contribution >= 0.6 is 0 Å². The highest BCUT2D eigenvalue weighted by molar-refractivity contribution is 6.12. The summed E-state index contributed by atoms with van der Waals surface area (Å²) in [4.78, 5) is 0. The predicted molar refractivity (Wildman–Crippen MR) is 163 cm³/mol. The van der Waals surface area contributed by atoms with Crippen LogP contribution in [0.2, 0.25) is 0 Å². The maximum absolute atomic E-state index is 3.65. The average molecular weight is 494 g/mol. The highest BCUT2D eigenvalue weighted by Crippen LogP contribution is 2.57. The minimum absolute atomic E-state index is 0.406. The lowest BCUT2D eigenvalue weighted by Crippen LogP contribution is -2.28. The summed E-state index contributed by atoms with van der Waals surface area (Å²) in [6, 6.07) is 59.0. The van der Waals surface area contributed by atoms with Gasteiger partial charge in [-0.1, -0.05) is 146 Å². The summed E-state index contributed by atoms with van der Waals surface area (Å²) >= 11 is 0. The van der Waals surface area contributed by atoms with Gasteiger partial charge in [-0.15, -0.1) is 0 Å². The van der Waals surface area contributed by atoms with Gasteiger partial charge in [0.15, 0.2) is 0 Å². The van der Waals surface area contributed by atoms with E-state index in [0.29, 0.717) is 0 Å². The Labute approximate surface area is 228 Å². The Morgan fingerprint density at radius 3 is 1.56 bits per heavy atom. The lowest BCUT2D eigenvalue weighted by molar-refractivity contribution is 0.769. The Balaban J connectivity index is 1.52. The molecule has 0 atom stereocenters. The Bertz CT molecular complexity index is 1900. The molecule has 1 aliphatic rings. The van der Waals surface area contributed by atoms with Crippen LogP contribution in [0.1, 0.15) is 22.3 Å². The van der Waals surface area contributed by atoms with Gasteiger partial charge in [-0.3, -0.25) is 0 Å². The van der Waals surface area contributed by atoms with Crippen LogP contribution in [0.15, 0.2) is 152 Å². The van der Waals surface area contributed by atoms with E-state index in [1.54, 1.807) is 0 Å². The van der Waals surface area contributed by atoms with E-state index in [-0.39, 0.29) is 0 Å². The number of benzene rings is 7. The molecule has 0 aromatic heterocycles. The molecule has 7 aromatic rings. The zero-order valence-electron chi connectivity index (χ0n) is 21.4. The molecule has 0 heteroatoms. The summed E-state index contributed by atoms with van der Waals surface area (Å²) in [5.74, 6) is 0. The first-order valence-corrected chi connectivity index (χ1v) is 13.5. The molecule has 0 heterocycles. The molecular formula is C39H25. The summed E-state index contributed by atoms with van der Waals surface area (Å²) in [5, 5.41) is 4.76. The molecule has 0 bridgehead atoms. The van der Waals surface area contributed by atoms with Gasteiger partial charge in [0.2, 0.25) is 0 Å². The molecule has 0 saturated heterocycles. The van der Waals surface area contributed by atoms with Gasteiger partial charge in [0.25, 0.3) is 0 Å². The van der Waals surface area contributed by atoms with Crippen molar-refractivity contribution < 1.29 is 0 Å². The Morgan fingerprint density at radius 1 is 0.410 bits per heavy atom. The number of fused-ring (bicyclic) bond motifs is 5. The third-order valence-electron chi connectivity index (χ3n) is 8.41. The fourth-order valence-corrected chi connectivity index (χ4v) is 6.82. The molecule has 181 valence electrons. The average Bonchev–Trinajstić information content (AvgIpc) is 3.31. The second-order valence-corrected chi connectivity index (χ2v) is 10.4. The van der Waals surface area contributed by atoms with E-state index in [4.69, 9.17) is 0 Å². The van der Waals surface area contributed by atoms with E-state index >= 15 is 0 Å². The van der Waals surface area contributed by atoms with Gasteiger partial charge in [-0.2, -0.15) is 0 Å². The van der Waals surface area contributed by atoms with E-state index < -0.39 is 5.41 Å². The highest BCUT2D eigenvalue weighted by atomic mass is 14.5. The SMILES string of the molecule is [c]1c2ccccc2c(-c2ccc3c(c2)C(c2ccccc2)(c2ccccc2)c2ccccc2-3)c2ccccc12. The monoisotopic (exact) mass is 493 g/mol. The molecule has 0 saturated carbocycles. The van der Waals surface area contributed by atoms with Gasteiger partial charge >= 0.3 is 0 Å². The number of hydrogen-bond donors (Lipinski definition) is 0. The summed E-state index contributed by atoms with van der Waals surface area (Å²) in [6.45, 7) is 0. The standard InChI is InChI=1S/C39H25/c1-3-15-30(16-4-1)39(31-17-5-2-6-18-31)36-22-12-11-21-34(36)35-24-23-29(26-37(35)39)38-32-19-9-7-13-27(32)25-28-14-8-10-20-33(28)38/h1-24,26H. The third-order valence-corrected chi connectivity index (χ3v) is 8.41. The van der Waals surface area contributed by atoms with Crippen molar-refractivity contribution >= 4 is 21.5 Å². The van der Waals surface area contributed by atoms with Crippen LogP contribution in [0.25, 0.3) is 43.8 Å². The van der Waals surface area contributed by atoms with Gasteiger partial charge in [0.1, 0.15) is 0 Å². The summed E-state index contributed by atoms with van der Waals surface area (Å²) in [7, 11) is 0. The first-order chi connectivity index (χ1) is 19.4. The normalized spacial score (nSPS) is 13.3. The van der Waals surface area contributed by atoms with Crippen molar-refractivity contribution in [2.75, 3.05) is 0 Å². The lowest BCUT2D eigenvalue weighted by Gasteiger charge is -2.34. The van der Waals surface area contributed by atoms with Crippen molar-refractivity contribution in [1.82, 2.24) is 0 Å². The quantitative estimate of drug-likeness (QED) is 0.215. The zero-order valence-corrected chi connectivity index (χ0v) is 21.4. The van der Waals surface area contributed by atoms with Gasteiger partial charge in [-0.25, -0.2) is 0 Å². The van der Waals surface area contributed by atoms with Gasteiger partial charge in [-0.05, 0) is 78.2 Å². The largest absolute Gasteiger partial charge is 0.0713 e. The smallest absolute Gasteiger partial charge is 0.0622 e. The molecule has 7 aromatic carbocycles. The van der Waals surface area contributed by atoms with Crippen molar-refractivity contribution in [2.45, 2.75) is 5.41 Å². The Kier molecular flexibility index (Phi) is 4.84. The minimum Gasteiger partial charge on any atom is -0.0622 e. The maximum Gasteiger partial charge on any atom is 0.0713 e. The van der Waals surface area contributed by atoms with Crippen LogP contribution in [-0.4, -0.2) is 0 Å². The first-order valence-electron chi connectivity index (χ1n) is 13.5. The molecule has 0 fully saturated rings. The number of rotatable bonds is 3. The molecule has 0 aliphatic heterocycles. The summed E-state index contributed by atoms with van der Waals surface area (Å²) in [5.41, 5.74) is 9.96. The molecule has 0 spiro atoms. The van der Waals surface area contributed by atoms with Crippen molar-refractivity contribution in [3.63, 3.8) is 0 Å². The molecule has 0 N–H and O–H groups in total. The number of hydrogen-bond acceptors (Lipinski definition) is 0. The highest BCUT2D eigenvalue weighted by Gasteiger charge is 2.46. The van der Waals surface area contributed by atoms with Gasteiger partial charge in [0, 0.05) is 0 Å². The second kappa shape index (κ2) is 8.55. The van der Waals surface area contributed by atoms with Crippen LogP contribution in [-0.2, 0) is 5.41 Å². The van der Waals surface area contributed by atoms with E-state index in [2.05, 4.69) is 158 Å². The van der Waals surface area contributed by atoms with Crippen LogP contribution in [0.4, 0.5) is 0 Å². The van der Waals surface area contributed by atoms with E-state index in [0.717, 1.165) is 10.8 Å². The fourth-order valence-electron chi connectivity index (χ4n) is 6.82. The first kappa shape index (κ1) is 22.1. The van der Waals surface area contributed by atoms with Crippen LogP contribution in [0.5, 0.6) is 0 Å². The van der Waals surface area contributed by atoms with Crippen molar-refractivity contribution in [1.29, 1.82) is 0 Å². The molecule has 8 rings (SSSR count). The maximum atomic E-state index is 3.65. The van der Waals surface area contributed by atoms with E-state index in [9.17, 15) is 0 Å². The van der Waals surface area contributed by atoms with E-state index in [1.165, 1.54) is 55.3 Å². The predicted octanol–water partition coefficient (Wildman–Crippen LogP) is 9.82. The van der Waals surface area contributed by atoms with Crippen LogP contribution in [0.3, 0.4) is 0 Å². The fraction of sp³-hybridized carbons (Fsp3) is 0.0256. The molecule has 0 nitrogen and oxygen atoms in total. The second-order valence-electron chi connectivity index (χ2n) is 10.4. The van der Waals surface area contributed by atoms with Crippen LogP contribution < -0.4 is 0 Å². The molecular weight excluding hydrogens is 468 g/mol. The lowest BCUT2D eigenvalue weighted by atomic mass is 9.67. The molecule has 1 radical (unpaired) electrons. The molecule has 1 aliphatic carbocycles.